The molecular formula is C16H26N2O2S. The van der Waals surface area contributed by atoms with E-state index in [0.717, 1.165) is 38.6 Å². The Kier molecular flexibility index (Phi) is 5.27. The summed E-state index contributed by atoms with van der Waals surface area (Å²) >= 11 is 0. The third-order valence-electron chi connectivity index (χ3n) is 4.08. The maximum atomic E-state index is 12.7. The third kappa shape index (κ3) is 4.20. The third-order valence-corrected chi connectivity index (χ3v) is 5.78. The van der Waals surface area contributed by atoms with Crippen molar-refractivity contribution in [3.8, 4) is 0 Å². The first-order valence-corrected chi connectivity index (χ1v) is 9.32. The molecule has 0 unspecified atom stereocenters. The highest BCUT2D eigenvalue weighted by molar-refractivity contribution is 7.89. The molecule has 21 heavy (non-hydrogen) atoms. The second-order valence-corrected chi connectivity index (χ2v) is 7.80. The molecule has 1 aliphatic rings. The fourth-order valence-electron chi connectivity index (χ4n) is 2.92. The lowest BCUT2D eigenvalue weighted by atomic mass is 9.84. The number of benzene rings is 1. The lowest BCUT2D eigenvalue weighted by molar-refractivity contribution is 0.294. The van der Waals surface area contributed by atoms with Gasteiger partial charge < -0.3 is 5.32 Å². The lowest BCUT2D eigenvalue weighted by Gasteiger charge is -2.34. The van der Waals surface area contributed by atoms with Crippen molar-refractivity contribution in [1.29, 1.82) is 0 Å². The number of sulfonamides is 1. The first kappa shape index (κ1) is 16.3. The van der Waals surface area contributed by atoms with E-state index in [1.807, 2.05) is 19.1 Å². The largest absolute Gasteiger partial charge is 0.384 e. The average Bonchev–Trinajstić information content (AvgIpc) is 2.45. The molecule has 5 heteroatoms. The van der Waals surface area contributed by atoms with Crippen molar-refractivity contribution in [3.63, 3.8) is 0 Å². The highest BCUT2D eigenvalue weighted by Gasteiger charge is 2.32. The second-order valence-electron chi connectivity index (χ2n) is 6.15. The Labute approximate surface area is 128 Å². The smallest absolute Gasteiger partial charge is 0.243 e. The molecule has 4 nitrogen and oxygen atoms in total. The molecule has 0 radical (unpaired) electrons. The molecule has 1 fully saturated rings. The number of rotatable bonds is 6. The lowest BCUT2D eigenvalue weighted by Crippen LogP contribution is -2.47. The minimum atomic E-state index is -3.49. The topological polar surface area (TPSA) is 58.2 Å². The Morgan fingerprint density at radius 1 is 1.14 bits per heavy atom. The van der Waals surface area contributed by atoms with Gasteiger partial charge in [-0.25, -0.2) is 13.1 Å². The summed E-state index contributed by atoms with van der Waals surface area (Å²) in [7, 11) is -3.49. The van der Waals surface area contributed by atoms with Crippen molar-refractivity contribution in [2.45, 2.75) is 62.8 Å². The predicted molar refractivity (Wildman–Crippen MR) is 87.0 cm³/mol. The van der Waals surface area contributed by atoms with E-state index in [-0.39, 0.29) is 5.54 Å². The van der Waals surface area contributed by atoms with Gasteiger partial charge >= 0.3 is 0 Å². The maximum absolute atomic E-state index is 12.7. The summed E-state index contributed by atoms with van der Waals surface area (Å²) in [5.74, 6) is 0. The quantitative estimate of drug-likeness (QED) is 0.845. The summed E-state index contributed by atoms with van der Waals surface area (Å²) in [4.78, 5) is 0.352. The number of hydrogen-bond donors (Lipinski definition) is 2. The molecule has 0 saturated heterocycles. The minimum Gasteiger partial charge on any atom is -0.384 e. The van der Waals surface area contributed by atoms with Crippen LogP contribution in [0.25, 0.3) is 0 Å². The molecule has 0 spiro atoms. The Morgan fingerprint density at radius 3 is 2.48 bits per heavy atom. The van der Waals surface area contributed by atoms with Crippen molar-refractivity contribution >= 4 is 15.7 Å². The van der Waals surface area contributed by atoms with Crippen LogP contribution in [0.15, 0.2) is 29.2 Å². The van der Waals surface area contributed by atoms with Crippen LogP contribution < -0.4 is 10.0 Å². The van der Waals surface area contributed by atoms with Crippen molar-refractivity contribution in [2.24, 2.45) is 0 Å². The first-order chi connectivity index (χ1) is 9.97. The zero-order valence-electron chi connectivity index (χ0n) is 13.0. The first-order valence-electron chi connectivity index (χ1n) is 7.84. The van der Waals surface area contributed by atoms with Gasteiger partial charge in [-0.05, 0) is 38.3 Å². The van der Waals surface area contributed by atoms with E-state index in [4.69, 9.17) is 0 Å². The summed E-state index contributed by atoms with van der Waals surface area (Å²) in [6, 6.07) is 7.13. The van der Waals surface area contributed by atoms with E-state index in [9.17, 15) is 8.42 Å². The van der Waals surface area contributed by atoms with E-state index in [1.165, 1.54) is 6.42 Å². The number of anilines is 1. The summed E-state index contributed by atoms with van der Waals surface area (Å²) in [6.07, 6.45) is 6.17. The van der Waals surface area contributed by atoms with E-state index in [1.54, 1.807) is 12.1 Å². The molecule has 1 saturated carbocycles. The van der Waals surface area contributed by atoms with Crippen LogP contribution in [0.4, 0.5) is 5.69 Å². The highest BCUT2D eigenvalue weighted by Crippen LogP contribution is 2.30. The molecule has 1 aromatic rings. The maximum Gasteiger partial charge on any atom is 0.243 e. The summed E-state index contributed by atoms with van der Waals surface area (Å²) in [6.45, 7) is 4.85. The van der Waals surface area contributed by atoms with Gasteiger partial charge in [0.25, 0.3) is 0 Å². The average molecular weight is 310 g/mol. The van der Waals surface area contributed by atoms with E-state index < -0.39 is 10.0 Å². The Bertz CT molecular complexity index is 563. The van der Waals surface area contributed by atoms with E-state index >= 15 is 0 Å². The molecule has 0 bridgehead atoms. The SMILES string of the molecule is CCCNc1ccccc1S(=O)(=O)NC1(C)CCCCC1. The van der Waals surface area contributed by atoms with E-state index in [2.05, 4.69) is 17.0 Å². The standard InChI is InChI=1S/C16H26N2O2S/c1-3-13-17-14-9-5-6-10-15(14)21(19,20)18-16(2)11-7-4-8-12-16/h5-6,9-10,17-18H,3-4,7-8,11-13H2,1-2H3. The number of nitrogens with one attached hydrogen (secondary N) is 2. The van der Waals surface area contributed by atoms with Crippen molar-refractivity contribution in [1.82, 2.24) is 4.72 Å². The molecular weight excluding hydrogens is 284 g/mol. The molecule has 0 atom stereocenters. The molecule has 0 amide bonds. The van der Waals surface area contributed by atoms with E-state index in [0.29, 0.717) is 10.6 Å². The van der Waals surface area contributed by atoms with Crippen LogP contribution in [-0.4, -0.2) is 20.5 Å². The van der Waals surface area contributed by atoms with Crippen LogP contribution >= 0.6 is 0 Å². The zero-order chi connectivity index (χ0) is 15.3. The molecule has 2 rings (SSSR count). The normalized spacial score (nSPS) is 18.4. The van der Waals surface area contributed by atoms with Gasteiger partial charge in [-0.1, -0.05) is 38.3 Å². The van der Waals surface area contributed by atoms with Crippen LogP contribution in [-0.2, 0) is 10.0 Å². The Morgan fingerprint density at radius 2 is 1.81 bits per heavy atom. The van der Waals surface area contributed by atoms with Crippen molar-refractivity contribution < 1.29 is 8.42 Å². The second kappa shape index (κ2) is 6.79. The molecule has 0 aliphatic heterocycles. The van der Waals surface area contributed by atoms with Gasteiger partial charge in [0.15, 0.2) is 0 Å². The zero-order valence-corrected chi connectivity index (χ0v) is 13.8. The van der Waals surface area contributed by atoms with Gasteiger partial charge in [-0.15, -0.1) is 0 Å². The molecule has 1 aliphatic carbocycles. The van der Waals surface area contributed by atoms with Crippen LogP contribution in [0.1, 0.15) is 52.4 Å². The highest BCUT2D eigenvalue weighted by atomic mass is 32.2. The monoisotopic (exact) mass is 310 g/mol. The Hall–Kier alpha value is -1.07. The summed E-state index contributed by atoms with van der Waals surface area (Å²) in [5.41, 5.74) is 0.376. The van der Waals surface area contributed by atoms with Crippen molar-refractivity contribution in [3.05, 3.63) is 24.3 Å². The summed E-state index contributed by atoms with van der Waals surface area (Å²) in [5, 5.41) is 3.20. The fraction of sp³-hybridized carbons (Fsp3) is 0.625. The van der Waals surface area contributed by atoms with Crippen molar-refractivity contribution in [2.75, 3.05) is 11.9 Å². The Balaban J connectivity index is 2.22. The number of para-hydroxylation sites is 1. The molecule has 118 valence electrons. The molecule has 1 aromatic carbocycles. The number of hydrogen-bond acceptors (Lipinski definition) is 3. The van der Waals surface area contributed by atoms with Gasteiger partial charge in [0.2, 0.25) is 10.0 Å². The van der Waals surface area contributed by atoms with Crippen LogP contribution in [0.3, 0.4) is 0 Å². The molecule has 0 aromatic heterocycles. The van der Waals surface area contributed by atoms with Gasteiger partial charge in [0.1, 0.15) is 4.90 Å². The van der Waals surface area contributed by atoms with Gasteiger partial charge in [0, 0.05) is 12.1 Å². The van der Waals surface area contributed by atoms with Crippen LogP contribution in [0.5, 0.6) is 0 Å². The van der Waals surface area contributed by atoms with Crippen LogP contribution in [0.2, 0.25) is 0 Å². The van der Waals surface area contributed by atoms with Crippen LogP contribution in [0, 0.1) is 0 Å². The fourth-order valence-corrected chi connectivity index (χ4v) is 4.57. The minimum absolute atomic E-state index is 0.311. The predicted octanol–water partition coefficient (Wildman–Crippen LogP) is 3.51. The van der Waals surface area contributed by atoms with Gasteiger partial charge in [-0.2, -0.15) is 0 Å². The summed E-state index contributed by atoms with van der Waals surface area (Å²) < 4.78 is 28.4. The van der Waals surface area contributed by atoms with Gasteiger partial charge in [-0.3, -0.25) is 0 Å². The van der Waals surface area contributed by atoms with Gasteiger partial charge in [0.05, 0.1) is 5.69 Å². The molecule has 0 heterocycles. The molecule has 2 N–H and O–H groups in total.